The van der Waals surface area contributed by atoms with Crippen LogP contribution < -0.4 is 10.9 Å². The van der Waals surface area contributed by atoms with Crippen LogP contribution in [0, 0.1) is 0 Å². The molecule has 1 aliphatic rings. The van der Waals surface area contributed by atoms with Gasteiger partial charge < -0.3 is 0 Å². The van der Waals surface area contributed by atoms with Gasteiger partial charge >= 0.3 is 0 Å². The number of hydrogen-bond donors (Lipinski definition) is 2. The molecule has 84 valence electrons. The molecule has 17 heavy (non-hydrogen) atoms. The Bertz CT molecular complexity index is 548. The molecule has 0 radical (unpaired) electrons. The van der Waals surface area contributed by atoms with Crippen LogP contribution in [0.25, 0.3) is 0 Å². The molecule has 1 aromatic heterocycles. The highest BCUT2D eigenvalue weighted by atomic mass is 15.4. The van der Waals surface area contributed by atoms with Gasteiger partial charge in [-0.3, -0.25) is 10.9 Å². The second-order valence-corrected chi connectivity index (χ2v) is 3.84. The van der Waals surface area contributed by atoms with Gasteiger partial charge in [-0.05, 0) is 17.7 Å². The maximum Gasteiger partial charge on any atom is 0.170 e. The summed E-state index contributed by atoms with van der Waals surface area (Å²) in [6.45, 7) is 0. The SMILES string of the molecule is c1ccc(CC2=Nc3cccnc3NN2)cc1. The number of benzene rings is 1. The third-order valence-electron chi connectivity index (χ3n) is 2.58. The summed E-state index contributed by atoms with van der Waals surface area (Å²) in [6.07, 6.45) is 2.52. The summed E-state index contributed by atoms with van der Waals surface area (Å²) in [7, 11) is 0. The fourth-order valence-corrected chi connectivity index (χ4v) is 1.76. The van der Waals surface area contributed by atoms with Crippen molar-refractivity contribution in [3.63, 3.8) is 0 Å². The molecule has 2 aromatic rings. The number of aliphatic imine (C=N–C) groups is 1. The highest BCUT2D eigenvalue weighted by Crippen LogP contribution is 2.23. The minimum atomic E-state index is 0.768. The number of pyridine rings is 1. The lowest BCUT2D eigenvalue weighted by Crippen LogP contribution is -2.33. The van der Waals surface area contributed by atoms with E-state index in [2.05, 4.69) is 33.0 Å². The Morgan fingerprint density at radius 2 is 1.82 bits per heavy atom. The molecule has 1 aromatic carbocycles. The lowest BCUT2D eigenvalue weighted by Gasteiger charge is -2.18. The van der Waals surface area contributed by atoms with Crippen LogP contribution in [-0.4, -0.2) is 10.8 Å². The molecule has 4 nitrogen and oxygen atoms in total. The van der Waals surface area contributed by atoms with Gasteiger partial charge in [0.1, 0.15) is 11.5 Å². The van der Waals surface area contributed by atoms with Gasteiger partial charge in [0.2, 0.25) is 0 Å². The van der Waals surface area contributed by atoms with E-state index in [1.165, 1.54) is 5.56 Å². The summed E-state index contributed by atoms with van der Waals surface area (Å²) in [5.74, 6) is 1.67. The normalized spacial score (nSPS) is 13.1. The zero-order valence-electron chi connectivity index (χ0n) is 9.22. The first-order valence-electron chi connectivity index (χ1n) is 5.50. The number of rotatable bonds is 2. The van der Waals surface area contributed by atoms with E-state index in [9.17, 15) is 0 Å². The molecule has 0 bridgehead atoms. The topological polar surface area (TPSA) is 49.3 Å². The first-order valence-corrected chi connectivity index (χ1v) is 5.50. The van der Waals surface area contributed by atoms with Crippen LogP contribution >= 0.6 is 0 Å². The molecule has 2 heterocycles. The second kappa shape index (κ2) is 4.25. The van der Waals surface area contributed by atoms with E-state index >= 15 is 0 Å². The van der Waals surface area contributed by atoms with E-state index in [0.29, 0.717) is 0 Å². The molecule has 4 heteroatoms. The highest BCUT2D eigenvalue weighted by Gasteiger charge is 2.10. The molecule has 1 aliphatic heterocycles. The van der Waals surface area contributed by atoms with Crippen molar-refractivity contribution in [2.45, 2.75) is 6.42 Å². The molecule has 0 amide bonds. The van der Waals surface area contributed by atoms with Crippen LogP contribution in [0.3, 0.4) is 0 Å². The fraction of sp³-hybridized carbons (Fsp3) is 0.0769. The quantitative estimate of drug-likeness (QED) is 0.822. The molecule has 0 aliphatic carbocycles. The van der Waals surface area contributed by atoms with Gasteiger partial charge in [-0.15, -0.1) is 0 Å². The largest absolute Gasteiger partial charge is 0.286 e. The Hall–Kier alpha value is -2.36. The monoisotopic (exact) mass is 224 g/mol. The molecule has 0 fully saturated rings. The number of anilines is 1. The van der Waals surface area contributed by atoms with E-state index in [1.54, 1.807) is 6.20 Å². The smallest absolute Gasteiger partial charge is 0.170 e. The van der Waals surface area contributed by atoms with Crippen LogP contribution in [0.2, 0.25) is 0 Å². The van der Waals surface area contributed by atoms with Crippen LogP contribution in [0.15, 0.2) is 53.7 Å². The summed E-state index contributed by atoms with van der Waals surface area (Å²) >= 11 is 0. The molecule has 0 unspecified atom stereocenters. The second-order valence-electron chi connectivity index (χ2n) is 3.84. The van der Waals surface area contributed by atoms with Crippen LogP contribution in [0.4, 0.5) is 11.5 Å². The van der Waals surface area contributed by atoms with Crippen molar-refractivity contribution in [3.8, 4) is 0 Å². The minimum Gasteiger partial charge on any atom is -0.286 e. The van der Waals surface area contributed by atoms with E-state index in [1.807, 2.05) is 30.3 Å². The molecular formula is C13H12N4. The zero-order chi connectivity index (χ0) is 11.5. The minimum absolute atomic E-state index is 0.768. The lowest BCUT2D eigenvalue weighted by atomic mass is 10.1. The van der Waals surface area contributed by atoms with Gasteiger partial charge in [0, 0.05) is 12.6 Å². The van der Waals surface area contributed by atoms with Crippen molar-refractivity contribution >= 4 is 17.3 Å². The zero-order valence-corrected chi connectivity index (χ0v) is 9.22. The highest BCUT2D eigenvalue weighted by molar-refractivity contribution is 5.91. The summed E-state index contributed by atoms with van der Waals surface area (Å²) in [4.78, 5) is 8.70. The van der Waals surface area contributed by atoms with Crippen LogP contribution in [-0.2, 0) is 6.42 Å². The Labute approximate surface area is 99.4 Å². The third-order valence-corrected chi connectivity index (χ3v) is 2.58. The number of hydrogen-bond acceptors (Lipinski definition) is 4. The first-order chi connectivity index (χ1) is 8.42. The van der Waals surface area contributed by atoms with Crippen molar-refractivity contribution in [1.29, 1.82) is 0 Å². The Morgan fingerprint density at radius 3 is 2.71 bits per heavy atom. The third kappa shape index (κ3) is 2.10. The molecule has 0 saturated carbocycles. The number of amidine groups is 1. The number of fused-ring (bicyclic) bond motifs is 1. The summed E-state index contributed by atoms with van der Waals surface area (Å²) in [6, 6.07) is 14.1. The van der Waals surface area contributed by atoms with Crippen molar-refractivity contribution in [2.24, 2.45) is 4.99 Å². The number of nitrogens with one attached hydrogen (secondary N) is 2. The standard InChI is InChI=1S/C13H12N4/c1-2-5-10(6-3-1)9-12-15-11-7-4-8-14-13(11)17-16-12/h1-8H,9H2,(H,14,17)(H,15,16). The molecule has 3 rings (SSSR count). The van der Waals surface area contributed by atoms with E-state index in [0.717, 1.165) is 23.8 Å². The molecular weight excluding hydrogens is 212 g/mol. The van der Waals surface area contributed by atoms with Crippen molar-refractivity contribution in [3.05, 3.63) is 54.2 Å². The molecule has 0 spiro atoms. The summed E-state index contributed by atoms with van der Waals surface area (Å²) in [5.41, 5.74) is 8.20. The Morgan fingerprint density at radius 1 is 0.941 bits per heavy atom. The average Bonchev–Trinajstić information content (AvgIpc) is 2.40. The number of nitrogens with zero attached hydrogens (tertiary/aromatic N) is 2. The predicted octanol–water partition coefficient (Wildman–Crippen LogP) is 2.28. The number of hydrazine groups is 1. The molecule has 0 saturated heterocycles. The van der Waals surface area contributed by atoms with Gasteiger partial charge in [-0.1, -0.05) is 30.3 Å². The van der Waals surface area contributed by atoms with Crippen molar-refractivity contribution < 1.29 is 0 Å². The molecule has 0 atom stereocenters. The fourth-order valence-electron chi connectivity index (χ4n) is 1.76. The van der Waals surface area contributed by atoms with Gasteiger partial charge in [0.05, 0.1) is 0 Å². The van der Waals surface area contributed by atoms with Crippen LogP contribution in [0.5, 0.6) is 0 Å². The van der Waals surface area contributed by atoms with Gasteiger partial charge in [-0.25, -0.2) is 9.98 Å². The Kier molecular flexibility index (Phi) is 2.46. The number of aromatic nitrogens is 1. The van der Waals surface area contributed by atoms with Gasteiger partial charge in [0.25, 0.3) is 0 Å². The molecule has 2 N–H and O–H groups in total. The lowest BCUT2D eigenvalue weighted by molar-refractivity contribution is 1.01. The van der Waals surface area contributed by atoms with Gasteiger partial charge in [-0.2, -0.15) is 0 Å². The van der Waals surface area contributed by atoms with E-state index < -0.39 is 0 Å². The van der Waals surface area contributed by atoms with E-state index in [-0.39, 0.29) is 0 Å². The van der Waals surface area contributed by atoms with Crippen LogP contribution in [0.1, 0.15) is 5.56 Å². The maximum absolute atomic E-state index is 4.52. The summed E-state index contributed by atoms with van der Waals surface area (Å²) in [5, 5.41) is 0. The predicted molar refractivity (Wildman–Crippen MR) is 68.2 cm³/mol. The van der Waals surface area contributed by atoms with E-state index in [4.69, 9.17) is 0 Å². The first kappa shape index (κ1) is 9.84. The average molecular weight is 224 g/mol. The maximum atomic E-state index is 4.52. The van der Waals surface area contributed by atoms with Gasteiger partial charge in [0.15, 0.2) is 5.82 Å². The Balaban J connectivity index is 1.85. The van der Waals surface area contributed by atoms with Crippen molar-refractivity contribution in [1.82, 2.24) is 10.4 Å². The summed E-state index contributed by atoms with van der Waals surface area (Å²) < 4.78 is 0. The van der Waals surface area contributed by atoms with Crippen molar-refractivity contribution in [2.75, 3.05) is 5.43 Å².